The van der Waals surface area contributed by atoms with Gasteiger partial charge in [-0.1, -0.05) is 43.5 Å². The summed E-state index contributed by atoms with van der Waals surface area (Å²) in [6.07, 6.45) is 7.15. The lowest BCUT2D eigenvalue weighted by Gasteiger charge is -2.36. The van der Waals surface area contributed by atoms with Gasteiger partial charge in [-0.2, -0.15) is 0 Å². The first-order chi connectivity index (χ1) is 12.9. The molecule has 150 valence electrons. The van der Waals surface area contributed by atoms with Gasteiger partial charge in [0.25, 0.3) is 0 Å². The highest BCUT2D eigenvalue weighted by atomic mass is 32.2. The van der Waals surface area contributed by atoms with E-state index in [0.717, 1.165) is 24.0 Å². The summed E-state index contributed by atoms with van der Waals surface area (Å²) in [7, 11) is -1.41. The Morgan fingerprint density at radius 1 is 1.07 bits per heavy atom. The number of piperidine rings is 1. The second-order valence-electron chi connectivity index (χ2n) is 8.10. The lowest BCUT2D eigenvalue weighted by atomic mass is 9.91. The predicted octanol–water partition coefficient (Wildman–Crippen LogP) is 3.33. The predicted molar refractivity (Wildman–Crippen MR) is 108 cm³/mol. The molecule has 0 atom stereocenters. The summed E-state index contributed by atoms with van der Waals surface area (Å²) in [5.74, 6) is 0.208. The second-order valence-corrected chi connectivity index (χ2v) is 10.1. The van der Waals surface area contributed by atoms with Gasteiger partial charge in [-0.3, -0.25) is 4.79 Å². The van der Waals surface area contributed by atoms with Gasteiger partial charge in [0.05, 0.1) is 5.75 Å². The van der Waals surface area contributed by atoms with Gasteiger partial charge in [0.1, 0.15) is 0 Å². The molecule has 1 aromatic rings. The SMILES string of the molecule is Cc1ccccc1CS(=O)(=O)N1CCC(C(=O)N(C)C2CCCCC2)CC1. The Hall–Kier alpha value is -1.40. The fraction of sp³-hybridized carbons (Fsp3) is 0.667. The van der Waals surface area contributed by atoms with Crippen molar-refractivity contribution in [3.05, 3.63) is 35.4 Å². The molecule has 0 aromatic heterocycles. The lowest BCUT2D eigenvalue weighted by Crippen LogP contribution is -2.46. The molecule has 1 aliphatic heterocycles. The average molecular weight is 393 g/mol. The third-order valence-electron chi connectivity index (χ3n) is 6.27. The van der Waals surface area contributed by atoms with Crippen LogP contribution in [0.25, 0.3) is 0 Å². The minimum Gasteiger partial charge on any atom is -0.343 e. The molecule has 2 fully saturated rings. The largest absolute Gasteiger partial charge is 0.343 e. The number of amides is 1. The van der Waals surface area contributed by atoms with Gasteiger partial charge in [-0.25, -0.2) is 12.7 Å². The van der Waals surface area contributed by atoms with Crippen LogP contribution in [0.15, 0.2) is 24.3 Å². The highest BCUT2D eigenvalue weighted by Crippen LogP contribution is 2.27. The minimum absolute atomic E-state index is 0.0400. The highest BCUT2D eigenvalue weighted by molar-refractivity contribution is 7.88. The highest BCUT2D eigenvalue weighted by Gasteiger charge is 2.34. The Bertz CT molecular complexity index is 748. The zero-order valence-electron chi connectivity index (χ0n) is 16.6. The summed E-state index contributed by atoms with van der Waals surface area (Å²) in [6, 6.07) is 7.99. The smallest absolute Gasteiger partial charge is 0.225 e. The number of sulfonamides is 1. The van der Waals surface area contributed by atoms with E-state index in [1.165, 1.54) is 19.3 Å². The van der Waals surface area contributed by atoms with Crippen LogP contribution < -0.4 is 0 Å². The summed E-state index contributed by atoms with van der Waals surface area (Å²) in [5.41, 5.74) is 1.85. The summed E-state index contributed by atoms with van der Waals surface area (Å²) < 4.78 is 27.2. The van der Waals surface area contributed by atoms with Gasteiger partial charge in [0.15, 0.2) is 0 Å². The molecule has 6 heteroatoms. The maximum absolute atomic E-state index is 12.8. The Morgan fingerprint density at radius 3 is 2.33 bits per heavy atom. The summed E-state index contributed by atoms with van der Waals surface area (Å²) >= 11 is 0. The van der Waals surface area contributed by atoms with Crippen LogP contribution in [0, 0.1) is 12.8 Å². The molecule has 0 spiro atoms. The quantitative estimate of drug-likeness (QED) is 0.772. The topological polar surface area (TPSA) is 57.7 Å². The van der Waals surface area contributed by atoms with Gasteiger partial charge in [0.2, 0.25) is 15.9 Å². The van der Waals surface area contributed by atoms with Crippen LogP contribution in [-0.2, 0) is 20.6 Å². The Balaban J connectivity index is 1.56. The maximum Gasteiger partial charge on any atom is 0.225 e. The third kappa shape index (κ3) is 4.91. The lowest BCUT2D eigenvalue weighted by molar-refractivity contribution is -0.138. The van der Waals surface area contributed by atoms with E-state index in [1.54, 1.807) is 4.31 Å². The monoisotopic (exact) mass is 392 g/mol. The van der Waals surface area contributed by atoms with E-state index in [2.05, 4.69) is 0 Å². The molecular weight excluding hydrogens is 360 g/mol. The number of benzene rings is 1. The third-order valence-corrected chi connectivity index (χ3v) is 8.09. The van der Waals surface area contributed by atoms with Crippen LogP contribution in [-0.4, -0.2) is 49.7 Å². The molecule has 1 saturated carbocycles. The normalized spacial score (nSPS) is 20.5. The van der Waals surface area contributed by atoms with Gasteiger partial charge >= 0.3 is 0 Å². The van der Waals surface area contributed by atoms with E-state index < -0.39 is 10.0 Å². The first kappa shape index (κ1) is 20.3. The summed E-state index contributed by atoms with van der Waals surface area (Å²) in [6.45, 7) is 2.84. The van der Waals surface area contributed by atoms with Crippen molar-refractivity contribution in [1.29, 1.82) is 0 Å². The Kier molecular flexibility index (Phi) is 6.58. The number of aryl methyl sites for hydroxylation is 1. The molecule has 0 N–H and O–H groups in total. The number of carbonyl (C=O) groups is 1. The summed E-state index contributed by atoms with van der Waals surface area (Å²) in [4.78, 5) is 14.8. The first-order valence-corrected chi connectivity index (χ1v) is 11.8. The molecule has 1 saturated heterocycles. The van der Waals surface area contributed by atoms with Crippen LogP contribution in [0.5, 0.6) is 0 Å². The molecule has 2 aliphatic rings. The van der Waals surface area contributed by atoms with E-state index in [4.69, 9.17) is 0 Å². The zero-order chi connectivity index (χ0) is 19.4. The van der Waals surface area contributed by atoms with Gasteiger partial charge in [0, 0.05) is 32.1 Å². The minimum atomic E-state index is -3.34. The van der Waals surface area contributed by atoms with Crippen molar-refractivity contribution >= 4 is 15.9 Å². The molecule has 27 heavy (non-hydrogen) atoms. The van der Waals surface area contributed by atoms with E-state index in [0.29, 0.717) is 32.0 Å². The Labute approximate surface area is 163 Å². The van der Waals surface area contributed by atoms with Crippen molar-refractivity contribution in [2.75, 3.05) is 20.1 Å². The second kappa shape index (κ2) is 8.74. The molecular formula is C21H32N2O3S. The average Bonchev–Trinajstić information content (AvgIpc) is 2.69. The van der Waals surface area contributed by atoms with E-state index in [1.807, 2.05) is 43.1 Å². The van der Waals surface area contributed by atoms with Crippen LogP contribution in [0.1, 0.15) is 56.1 Å². The van der Waals surface area contributed by atoms with Crippen molar-refractivity contribution in [3.63, 3.8) is 0 Å². The standard InChI is InChI=1S/C21H32N2O3S/c1-17-8-6-7-9-19(17)16-27(25,26)23-14-12-18(13-15-23)21(24)22(2)20-10-4-3-5-11-20/h6-9,18,20H,3-5,10-16H2,1-2H3. The molecule has 1 amide bonds. The molecule has 1 aromatic carbocycles. The van der Waals surface area contributed by atoms with Gasteiger partial charge in [-0.05, 0) is 43.7 Å². The number of rotatable bonds is 5. The molecule has 1 aliphatic carbocycles. The van der Waals surface area contributed by atoms with Crippen LogP contribution in [0.2, 0.25) is 0 Å². The van der Waals surface area contributed by atoms with Crippen LogP contribution in [0.3, 0.4) is 0 Å². The van der Waals surface area contributed by atoms with Crippen molar-refractivity contribution < 1.29 is 13.2 Å². The molecule has 0 radical (unpaired) electrons. The van der Waals surface area contributed by atoms with E-state index in [9.17, 15) is 13.2 Å². The van der Waals surface area contributed by atoms with Crippen LogP contribution in [0.4, 0.5) is 0 Å². The van der Waals surface area contributed by atoms with E-state index >= 15 is 0 Å². The molecule has 0 bridgehead atoms. The van der Waals surface area contributed by atoms with Crippen molar-refractivity contribution in [3.8, 4) is 0 Å². The Morgan fingerprint density at radius 2 is 1.70 bits per heavy atom. The summed E-state index contributed by atoms with van der Waals surface area (Å²) in [5, 5.41) is 0. The van der Waals surface area contributed by atoms with Gasteiger partial charge in [-0.15, -0.1) is 0 Å². The van der Waals surface area contributed by atoms with E-state index in [-0.39, 0.29) is 17.6 Å². The number of hydrogen-bond acceptors (Lipinski definition) is 3. The van der Waals surface area contributed by atoms with Gasteiger partial charge < -0.3 is 4.90 Å². The first-order valence-electron chi connectivity index (χ1n) is 10.2. The van der Waals surface area contributed by atoms with Crippen molar-refractivity contribution in [2.45, 2.75) is 63.7 Å². The number of hydrogen-bond donors (Lipinski definition) is 0. The number of carbonyl (C=O) groups excluding carboxylic acids is 1. The zero-order valence-corrected chi connectivity index (χ0v) is 17.4. The molecule has 5 nitrogen and oxygen atoms in total. The van der Waals surface area contributed by atoms with Crippen LogP contribution >= 0.6 is 0 Å². The fourth-order valence-corrected chi connectivity index (χ4v) is 6.04. The van der Waals surface area contributed by atoms with Crippen molar-refractivity contribution in [2.24, 2.45) is 5.92 Å². The molecule has 0 unspecified atom stereocenters. The molecule has 3 rings (SSSR count). The fourth-order valence-electron chi connectivity index (χ4n) is 4.38. The molecule has 1 heterocycles. The van der Waals surface area contributed by atoms with Crippen molar-refractivity contribution in [1.82, 2.24) is 9.21 Å². The maximum atomic E-state index is 12.8. The number of nitrogens with zero attached hydrogens (tertiary/aromatic N) is 2.